The number of carbonyl (C=O) groups is 7. The number of imidazole rings is 1. The Morgan fingerprint density at radius 1 is 0.621 bits per heavy atom. The van der Waals surface area contributed by atoms with Gasteiger partial charge in [-0.2, -0.15) is 0 Å². The lowest BCUT2D eigenvalue weighted by Crippen LogP contribution is -2.65. The second-order valence-electron chi connectivity index (χ2n) is 18.9. The molecule has 354 valence electrons. The highest BCUT2D eigenvalue weighted by molar-refractivity contribution is 5.98. The summed E-state index contributed by atoms with van der Waals surface area (Å²) in [6.07, 6.45) is 1.93. The molecule has 2 unspecified atom stereocenters. The third kappa shape index (κ3) is 14.2. The van der Waals surface area contributed by atoms with Crippen LogP contribution in [0.15, 0.2) is 104 Å². The van der Waals surface area contributed by atoms with Gasteiger partial charge >= 0.3 is 18.0 Å². The highest BCUT2D eigenvalue weighted by Gasteiger charge is 2.41. The predicted octanol–water partition coefficient (Wildman–Crippen LogP) is 4.76. The van der Waals surface area contributed by atoms with Crippen molar-refractivity contribution in [2.75, 3.05) is 6.54 Å². The number of aromatic nitrogens is 2. The first-order chi connectivity index (χ1) is 30.7. The van der Waals surface area contributed by atoms with Crippen molar-refractivity contribution in [3.8, 4) is 0 Å². The quantitative estimate of drug-likeness (QED) is 0.0555. The lowest BCUT2D eigenvalue weighted by atomic mass is 9.77. The van der Waals surface area contributed by atoms with Gasteiger partial charge in [-0.1, -0.05) is 91.0 Å². The first kappa shape index (κ1) is 51.6. The number of amides is 5. The summed E-state index contributed by atoms with van der Waals surface area (Å²) >= 11 is 0. The van der Waals surface area contributed by atoms with Crippen LogP contribution in [-0.2, 0) is 50.2 Å². The minimum absolute atomic E-state index is 0.132. The second kappa shape index (κ2) is 21.3. The maximum absolute atomic E-state index is 14.3. The van der Waals surface area contributed by atoms with Crippen molar-refractivity contribution in [1.82, 2.24) is 36.1 Å². The largest absolute Gasteiger partial charge is 0.480 e. The van der Waals surface area contributed by atoms with Gasteiger partial charge in [0.05, 0.1) is 12.0 Å². The molecule has 2 atom stereocenters. The van der Waals surface area contributed by atoms with Gasteiger partial charge in [0.15, 0.2) is 0 Å². The van der Waals surface area contributed by atoms with E-state index in [9.17, 15) is 33.6 Å². The highest BCUT2D eigenvalue weighted by Crippen LogP contribution is 2.40. The smallest absolute Gasteiger partial charge is 0.408 e. The SMILES string of the molecule is CC(C)(C)OC(=O)CCC(NC(=O)C(C)(C)NC(=O)C(C)(C)NC(=O)C(Cc1cn(C(c2ccccc2)(c2ccccc2)c2ccccc2)cn1)NC(=O)OC(C)(C)C)C(=O)NCC(=O)O. The van der Waals surface area contributed by atoms with E-state index in [1.807, 2.05) is 102 Å². The van der Waals surface area contributed by atoms with Gasteiger partial charge in [0.2, 0.25) is 23.6 Å². The van der Waals surface area contributed by atoms with Gasteiger partial charge in [-0.3, -0.25) is 28.8 Å². The fourth-order valence-corrected chi connectivity index (χ4v) is 7.00. The third-order valence-electron chi connectivity index (χ3n) is 10.1. The van der Waals surface area contributed by atoms with Crippen LogP contribution in [0.5, 0.6) is 0 Å². The zero-order valence-electron chi connectivity index (χ0n) is 39.3. The molecule has 17 nitrogen and oxygen atoms in total. The van der Waals surface area contributed by atoms with Crippen LogP contribution in [-0.4, -0.2) is 97.2 Å². The van der Waals surface area contributed by atoms with Crippen molar-refractivity contribution < 1.29 is 48.1 Å². The molecule has 5 amide bonds. The minimum Gasteiger partial charge on any atom is -0.480 e. The molecule has 0 spiro atoms. The highest BCUT2D eigenvalue weighted by atomic mass is 16.6. The number of hydrogen-bond acceptors (Lipinski definition) is 10. The zero-order valence-corrected chi connectivity index (χ0v) is 39.3. The van der Waals surface area contributed by atoms with Gasteiger partial charge in [-0.25, -0.2) is 9.78 Å². The van der Waals surface area contributed by atoms with Crippen molar-refractivity contribution in [2.45, 2.75) is 128 Å². The Morgan fingerprint density at radius 3 is 1.58 bits per heavy atom. The monoisotopic (exact) mass is 909 g/mol. The molecular formula is C49H63N7O10. The molecule has 4 rings (SSSR count). The lowest BCUT2D eigenvalue weighted by Gasteiger charge is -2.37. The Bertz CT molecular complexity index is 2240. The number of carboxylic acid groups (broad SMARTS) is 1. The van der Waals surface area contributed by atoms with Crippen LogP contribution in [0.3, 0.4) is 0 Å². The molecule has 0 fully saturated rings. The minimum atomic E-state index is -1.72. The number of nitrogens with one attached hydrogen (secondary N) is 5. The van der Waals surface area contributed by atoms with E-state index in [-0.39, 0.29) is 19.3 Å². The first-order valence-corrected chi connectivity index (χ1v) is 21.6. The molecule has 0 aliphatic rings. The summed E-state index contributed by atoms with van der Waals surface area (Å²) in [6.45, 7) is 14.8. The first-order valence-electron chi connectivity index (χ1n) is 21.6. The fourth-order valence-electron chi connectivity index (χ4n) is 7.00. The average Bonchev–Trinajstić information content (AvgIpc) is 3.69. The number of esters is 1. The van der Waals surface area contributed by atoms with E-state index in [2.05, 4.69) is 26.6 Å². The predicted molar refractivity (Wildman–Crippen MR) is 246 cm³/mol. The number of ether oxygens (including phenoxy) is 2. The molecule has 0 aliphatic heterocycles. The third-order valence-corrected chi connectivity index (χ3v) is 10.1. The summed E-state index contributed by atoms with van der Waals surface area (Å²) in [5.74, 6) is -5.28. The van der Waals surface area contributed by atoms with Gasteiger partial charge in [0, 0.05) is 19.0 Å². The number of carbonyl (C=O) groups excluding carboxylic acids is 6. The number of aliphatic carboxylic acids is 1. The van der Waals surface area contributed by atoms with Crippen LogP contribution in [0.25, 0.3) is 0 Å². The molecule has 0 saturated heterocycles. The van der Waals surface area contributed by atoms with Crippen LogP contribution in [0.4, 0.5) is 4.79 Å². The maximum Gasteiger partial charge on any atom is 0.408 e. The summed E-state index contributed by atoms with van der Waals surface area (Å²) < 4.78 is 12.8. The molecule has 3 aromatic carbocycles. The van der Waals surface area contributed by atoms with E-state index < -0.39 is 88.1 Å². The Balaban J connectivity index is 1.60. The number of benzene rings is 3. The Labute approximate surface area is 385 Å². The number of nitrogens with zero attached hydrogens (tertiary/aromatic N) is 2. The topological polar surface area (TPSA) is 236 Å². The number of rotatable bonds is 19. The normalized spacial score (nSPS) is 13.0. The Kier molecular flexibility index (Phi) is 16.7. The molecule has 4 aromatic rings. The van der Waals surface area contributed by atoms with Gasteiger partial charge in [-0.15, -0.1) is 0 Å². The summed E-state index contributed by atoms with van der Waals surface area (Å²) in [5, 5.41) is 21.8. The molecule has 0 bridgehead atoms. The molecule has 17 heteroatoms. The Morgan fingerprint density at radius 2 is 1.11 bits per heavy atom. The molecule has 6 N–H and O–H groups in total. The van der Waals surface area contributed by atoms with Crippen LogP contribution >= 0.6 is 0 Å². The summed E-state index contributed by atoms with van der Waals surface area (Å²) in [7, 11) is 0. The van der Waals surface area contributed by atoms with Crippen molar-refractivity contribution in [1.29, 1.82) is 0 Å². The summed E-state index contributed by atoms with van der Waals surface area (Å²) in [4.78, 5) is 96.5. The van der Waals surface area contributed by atoms with Gasteiger partial charge in [-0.05, 0) is 92.3 Å². The Hall–Kier alpha value is -7.04. The number of hydrogen-bond donors (Lipinski definition) is 6. The van der Waals surface area contributed by atoms with E-state index in [1.165, 1.54) is 27.7 Å². The summed E-state index contributed by atoms with van der Waals surface area (Å²) in [5.41, 5.74) is -2.83. The van der Waals surface area contributed by atoms with Crippen molar-refractivity contribution in [2.24, 2.45) is 0 Å². The van der Waals surface area contributed by atoms with Gasteiger partial charge < -0.3 is 45.7 Å². The average molecular weight is 910 g/mol. The van der Waals surface area contributed by atoms with Crippen LogP contribution in [0, 0.1) is 0 Å². The molecule has 1 heterocycles. The molecule has 66 heavy (non-hydrogen) atoms. The van der Waals surface area contributed by atoms with E-state index in [0.29, 0.717) is 5.69 Å². The molecule has 0 aliphatic carbocycles. The number of carboxylic acids is 1. The van der Waals surface area contributed by atoms with Crippen molar-refractivity contribution in [3.63, 3.8) is 0 Å². The van der Waals surface area contributed by atoms with Gasteiger partial charge in [0.25, 0.3) is 0 Å². The molecule has 0 radical (unpaired) electrons. The van der Waals surface area contributed by atoms with E-state index in [4.69, 9.17) is 19.6 Å². The lowest BCUT2D eigenvalue weighted by molar-refractivity contribution is -0.155. The van der Waals surface area contributed by atoms with Gasteiger partial charge in [0.1, 0.15) is 46.4 Å². The standard InChI is InChI=1S/C49H63N7O10/c1-45(2,3)65-39(59)27-26-36(40(60)50-29-38(57)58)52-42(62)47(7,8)55-43(63)48(9,10)54-41(61)37(53-44(64)66-46(4,5)6)28-35-30-56(31-51-35)49(32-20-14-11-15-21-32,33-22-16-12-17-23-33)34-24-18-13-19-25-34/h11-25,30-31,36-37H,26-29H2,1-10H3,(H,50,60)(H,52,62)(H,53,64)(H,54,61)(H,55,63)(H,57,58). The van der Waals surface area contributed by atoms with Crippen LogP contribution in [0.2, 0.25) is 0 Å². The number of alkyl carbamates (subject to hydrolysis) is 1. The van der Waals surface area contributed by atoms with E-state index in [1.54, 1.807) is 47.9 Å². The van der Waals surface area contributed by atoms with Crippen molar-refractivity contribution >= 4 is 41.7 Å². The van der Waals surface area contributed by atoms with E-state index in [0.717, 1.165) is 16.7 Å². The zero-order chi connectivity index (χ0) is 49.1. The van der Waals surface area contributed by atoms with Crippen LogP contribution in [0.1, 0.15) is 104 Å². The summed E-state index contributed by atoms with van der Waals surface area (Å²) in [6, 6.07) is 27.0. The van der Waals surface area contributed by atoms with E-state index >= 15 is 0 Å². The van der Waals surface area contributed by atoms with Crippen LogP contribution < -0.4 is 26.6 Å². The molecular weight excluding hydrogens is 847 g/mol. The second-order valence-corrected chi connectivity index (χ2v) is 18.9. The molecule has 1 aromatic heterocycles. The maximum atomic E-state index is 14.3. The fraction of sp³-hybridized carbons (Fsp3) is 0.429. The molecule has 0 saturated carbocycles. The van der Waals surface area contributed by atoms with Crippen molar-refractivity contribution in [3.05, 3.63) is 126 Å².